The largest absolute Gasteiger partial charge is 0.494 e. The highest BCUT2D eigenvalue weighted by atomic mass is 79.9. The van der Waals surface area contributed by atoms with Crippen LogP contribution in [0.5, 0.6) is 0 Å². The predicted molar refractivity (Wildman–Crippen MR) is 550 cm³/mol. The molecule has 0 atom stereocenters. The lowest BCUT2D eigenvalue weighted by atomic mass is 9.72. The first-order valence-corrected chi connectivity index (χ1v) is 48.1. The Morgan fingerprint density at radius 2 is 0.440 bits per heavy atom. The number of halogens is 2. The smallest absolute Gasteiger partial charge is 0.399 e. The van der Waals surface area contributed by atoms with Gasteiger partial charge in [0.1, 0.15) is 0 Å². The number of benzene rings is 13. The molecule has 0 amide bonds. The van der Waals surface area contributed by atoms with E-state index in [0.29, 0.717) is 132 Å². The van der Waals surface area contributed by atoms with Crippen LogP contribution in [0.4, 0.5) is 51.2 Å². The number of hydrogen-bond acceptors (Lipinski definition) is 17. The van der Waals surface area contributed by atoms with Crippen molar-refractivity contribution in [3.63, 3.8) is 0 Å². The molecule has 0 radical (unpaired) electrons. The van der Waals surface area contributed by atoms with Crippen molar-refractivity contribution in [3.05, 3.63) is 359 Å². The van der Waals surface area contributed by atoms with Crippen LogP contribution in [0.1, 0.15) is 75.6 Å². The number of ether oxygens (including phenoxy) is 12. The molecule has 0 aromatic heterocycles. The van der Waals surface area contributed by atoms with E-state index in [-0.39, 0.29) is 23.7 Å². The van der Waals surface area contributed by atoms with Crippen molar-refractivity contribution in [2.45, 2.75) is 75.4 Å². The third kappa shape index (κ3) is 25.7. The standard InChI is InChI=1S/C63H64N2O6.C27H36Br2O6.C24H26BNO2/c1-66-39-41-70-45-43-68-37-35-63(36-38-69-44-46-71-42-40-67-2)61-47-51(49-23-29-57(30-24-49)64(53-15-7-3-8-16-53)54-17-9-4-10-18-54)27-33-59(61)60-34-28-52(48-62(60)63)50-25-31-58(32-26-50)65(55-19-11-5-12-20-55)56-21-13-6-14-22-56;1-30-11-13-34-17-15-32-9-7-27(8-10-33-16-18-35-14-12-31-2)25-19-21(28)3-5-23(25)24-6-4-22(29)20-26(24)27;1-23(2)24(3,4)28-25(27-23)19-15-17-22(18-16-19)26(20-11-7-5-8-12-20)21-13-9-6-10-14-21/h3-34,47-48H,35-46H2,1-2H3;3-6,19-20H,7-18H2,1-2H3;5-18H,1-4H3. The Labute approximate surface area is 810 Å². The van der Waals surface area contributed by atoms with Crippen molar-refractivity contribution >= 4 is 95.6 Å². The summed E-state index contributed by atoms with van der Waals surface area (Å²) in [5.41, 5.74) is 24.6. The minimum atomic E-state index is -0.417. The Bertz CT molecular complexity index is 5280. The third-order valence-corrected chi connectivity index (χ3v) is 26.2. The minimum Gasteiger partial charge on any atom is -0.399 e. The SMILES string of the molecule is CC1(C)OB(c2ccc(N(c3ccccc3)c3ccccc3)cc2)OC1(C)C.COCCOCCOCCC1(CCOCCOCCOC)c2cc(-c3ccc(N(c4ccccc4)c4ccccc4)cc3)ccc2-c2ccc(-c3ccc(N(c4ccccc4)c4ccccc4)cc3)cc21.COCCOCCOCCC1(CCOCCOCCOC)c2cc(Br)ccc2-c2ccc(Br)cc21. The summed E-state index contributed by atoms with van der Waals surface area (Å²) in [5, 5.41) is 0. The van der Waals surface area contributed by atoms with E-state index in [2.05, 4.69) is 390 Å². The van der Waals surface area contributed by atoms with Crippen LogP contribution in [-0.2, 0) is 77.0 Å². The Morgan fingerprint density at radius 1 is 0.231 bits per heavy atom. The van der Waals surface area contributed by atoms with Crippen LogP contribution >= 0.6 is 31.9 Å². The average molecular weight is 1930 g/mol. The second-order valence-corrected chi connectivity index (χ2v) is 36.1. The van der Waals surface area contributed by atoms with Crippen molar-refractivity contribution < 1.29 is 66.2 Å². The molecule has 0 spiro atoms. The van der Waals surface area contributed by atoms with Gasteiger partial charge in [-0.3, -0.25) is 0 Å². The lowest BCUT2D eigenvalue weighted by Gasteiger charge is -2.33. The van der Waals surface area contributed by atoms with Crippen molar-refractivity contribution in [2.24, 2.45) is 0 Å². The molecule has 134 heavy (non-hydrogen) atoms. The number of anilines is 9. The van der Waals surface area contributed by atoms with Gasteiger partial charge in [0.25, 0.3) is 0 Å². The highest BCUT2D eigenvalue weighted by Gasteiger charge is 2.52. The molecule has 1 heterocycles. The van der Waals surface area contributed by atoms with E-state index in [4.69, 9.17) is 66.2 Å². The summed E-state index contributed by atoms with van der Waals surface area (Å²) in [5.74, 6) is 0. The quantitative estimate of drug-likeness (QED) is 0.0264. The molecule has 0 saturated carbocycles. The van der Waals surface area contributed by atoms with E-state index in [9.17, 15) is 0 Å². The summed E-state index contributed by atoms with van der Waals surface area (Å²) in [4.78, 5) is 6.84. The van der Waals surface area contributed by atoms with Crippen molar-refractivity contribution in [2.75, 3.05) is 175 Å². The van der Waals surface area contributed by atoms with Gasteiger partial charge in [-0.15, -0.1) is 0 Å². The highest BCUT2D eigenvalue weighted by Crippen LogP contribution is 2.57. The molecular formula is C114H126BBr2N3O14. The fourth-order valence-corrected chi connectivity index (χ4v) is 18.4. The first-order chi connectivity index (χ1) is 65.7. The second kappa shape index (κ2) is 50.5. The highest BCUT2D eigenvalue weighted by molar-refractivity contribution is 9.10. The van der Waals surface area contributed by atoms with Gasteiger partial charge in [0.15, 0.2) is 0 Å². The number of rotatable bonds is 48. The molecule has 13 aromatic rings. The van der Waals surface area contributed by atoms with Gasteiger partial charge >= 0.3 is 7.12 Å². The van der Waals surface area contributed by atoms with Gasteiger partial charge in [-0.2, -0.15) is 0 Å². The predicted octanol–water partition coefficient (Wildman–Crippen LogP) is 25.4. The Balaban J connectivity index is 0.000000188. The molecule has 16 rings (SSSR count). The summed E-state index contributed by atoms with van der Waals surface area (Å²) in [7, 11) is 6.37. The zero-order valence-corrected chi connectivity index (χ0v) is 81.7. The molecular weight excluding hydrogens is 1810 g/mol. The Hall–Kier alpha value is -10.3. The van der Waals surface area contributed by atoms with E-state index < -0.39 is 5.41 Å². The van der Waals surface area contributed by atoms with Gasteiger partial charge in [-0.1, -0.05) is 214 Å². The van der Waals surface area contributed by atoms with Gasteiger partial charge < -0.3 is 80.9 Å². The Morgan fingerprint density at radius 3 is 0.694 bits per heavy atom. The topological polar surface area (TPSA) is 139 Å². The third-order valence-electron chi connectivity index (χ3n) is 25.2. The molecule has 3 aliphatic rings. The number of hydrogen-bond donors (Lipinski definition) is 0. The van der Waals surface area contributed by atoms with Gasteiger partial charge in [0, 0.05) is 126 Å². The monoisotopic (exact) mass is 1930 g/mol. The molecule has 0 unspecified atom stereocenters. The van der Waals surface area contributed by atoms with Crippen LogP contribution in [0.2, 0.25) is 0 Å². The summed E-state index contributed by atoms with van der Waals surface area (Å²) in [6.45, 7) is 19.5. The number of fused-ring (bicyclic) bond motifs is 6. The lowest BCUT2D eigenvalue weighted by Crippen LogP contribution is -2.41. The zero-order chi connectivity index (χ0) is 93.2. The lowest BCUT2D eigenvalue weighted by molar-refractivity contribution is 0.00578. The maximum absolute atomic E-state index is 6.41. The number of para-hydroxylation sites is 6. The molecule has 698 valence electrons. The Kier molecular flexibility index (Phi) is 37.6. The van der Waals surface area contributed by atoms with Crippen LogP contribution in [0.3, 0.4) is 0 Å². The molecule has 20 heteroatoms. The molecule has 1 aliphatic heterocycles. The van der Waals surface area contributed by atoms with E-state index in [1.807, 2.05) is 12.1 Å². The van der Waals surface area contributed by atoms with E-state index in [0.717, 1.165) is 114 Å². The van der Waals surface area contributed by atoms with Crippen LogP contribution < -0.4 is 20.2 Å². The van der Waals surface area contributed by atoms with Gasteiger partial charge in [0.05, 0.1) is 117 Å². The van der Waals surface area contributed by atoms with Gasteiger partial charge in [-0.05, 0) is 271 Å². The molecule has 17 nitrogen and oxygen atoms in total. The molecule has 0 bridgehead atoms. The molecule has 13 aromatic carbocycles. The first-order valence-electron chi connectivity index (χ1n) is 46.5. The first kappa shape index (κ1) is 99.7. The molecule has 1 fully saturated rings. The van der Waals surface area contributed by atoms with Crippen molar-refractivity contribution in [1.29, 1.82) is 0 Å². The second-order valence-electron chi connectivity index (χ2n) is 34.2. The molecule has 0 N–H and O–H groups in total. The van der Waals surface area contributed by atoms with E-state index in [1.54, 1.807) is 28.4 Å². The molecule has 2 aliphatic carbocycles. The summed E-state index contributed by atoms with van der Waals surface area (Å²) < 4.78 is 82.4. The number of methoxy groups -OCH3 is 4. The normalized spacial score (nSPS) is 13.8. The van der Waals surface area contributed by atoms with Crippen molar-refractivity contribution in [3.8, 4) is 44.5 Å². The maximum Gasteiger partial charge on any atom is 0.494 e. The maximum atomic E-state index is 6.41. The fraction of sp³-hybridized carbons (Fsp3) is 0.316. The number of nitrogens with zero attached hydrogens (tertiary/aromatic N) is 3. The summed E-state index contributed by atoms with van der Waals surface area (Å²) in [6, 6.07) is 117. The minimum absolute atomic E-state index is 0.202. The average Bonchev–Trinajstić information content (AvgIpc) is 1.56. The van der Waals surface area contributed by atoms with Crippen LogP contribution in [0.25, 0.3) is 44.5 Å². The van der Waals surface area contributed by atoms with E-state index in [1.165, 1.54) is 44.5 Å². The van der Waals surface area contributed by atoms with E-state index >= 15 is 0 Å². The summed E-state index contributed by atoms with van der Waals surface area (Å²) in [6.07, 6.45) is 3.23. The van der Waals surface area contributed by atoms with Gasteiger partial charge in [-0.25, -0.2) is 0 Å². The van der Waals surface area contributed by atoms with Crippen LogP contribution in [-0.4, -0.2) is 179 Å². The van der Waals surface area contributed by atoms with Crippen molar-refractivity contribution in [1.82, 2.24) is 0 Å². The fourth-order valence-electron chi connectivity index (χ4n) is 17.6. The van der Waals surface area contributed by atoms with Crippen LogP contribution in [0, 0.1) is 0 Å². The van der Waals surface area contributed by atoms with Gasteiger partial charge in [0.2, 0.25) is 0 Å². The molecule has 1 saturated heterocycles. The summed E-state index contributed by atoms with van der Waals surface area (Å²) >= 11 is 7.39. The van der Waals surface area contributed by atoms with Crippen LogP contribution in [0.15, 0.2) is 337 Å². The zero-order valence-electron chi connectivity index (χ0n) is 78.5.